The van der Waals surface area contributed by atoms with Crippen LogP contribution >= 0.6 is 0 Å². The van der Waals surface area contributed by atoms with E-state index in [1.54, 1.807) is 24.3 Å². The van der Waals surface area contributed by atoms with Gasteiger partial charge in [-0.05, 0) is 29.8 Å². The molecule has 2 heterocycles. The van der Waals surface area contributed by atoms with Gasteiger partial charge in [-0.2, -0.15) is 10.2 Å². The minimum Gasteiger partial charge on any atom is -0.394 e. The maximum atomic E-state index is 12.5. The Kier molecular flexibility index (Phi) is 6.10. The summed E-state index contributed by atoms with van der Waals surface area (Å²) in [4.78, 5) is 26.1. The standard InChI is InChI=1S/C22H22N4O6/c27-13-17-19(29)20(30)22(32-17,26-11-10-18(28)23-21(26)31)12-14-6-8-16(9-7-14)25-24-15-4-2-1-3-5-15/h1-11,17,19-20,27,29-30H,12-13H2,(H,23,28,31)/t17-,19-,20-,22-/m1/s1. The molecule has 4 atom stereocenters. The van der Waals surface area contributed by atoms with Crippen molar-refractivity contribution in [3.8, 4) is 0 Å². The maximum absolute atomic E-state index is 12.5. The van der Waals surface area contributed by atoms with Crippen LogP contribution in [0.3, 0.4) is 0 Å². The molecule has 0 bridgehead atoms. The fraction of sp³-hybridized carbons (Fsp3) is 0.273. The minimum atomic E-state index is -1.73. The van der Waals surface area contributed by atoms with Crippen LogP contribution in [0, 0.1) is 0 Å². The zero-order valence-corrected chi connectivity index (χ0v) is 16.9. The maximum Gasteiger partial charge on any atom is 0.330 e. The van der Waals surface area contributed by atoms with E-state index in [9.17, 15) is 24.9 Å². The van der Waals surface area contributed by atoms with E-state index < -0.39 is 41.9 Å². The first-order valence-corrected chi connectivity index (χ1v) is 9.96. The van der Waals surface area contributed by atoms with Gasteiger partial charge in [-0.1, -0.05) is 30.3 Å². The van der Waals surface area contributed by atoms with Gasteiger partial charge < -0.3 is 20.1 Å². The average Bonchev–Trinajstić information content (AvgIpc) is 3.04. The molecule has 0 spiro atoms. The predicted octanol–water partition coefficient (Wildman–Crippen LogP) is 0.960. The third-order valence-corrected chi connectivity index (χ3v) is 5.36. The van der Waals surface area contributed by atoms with Crippen molar-refractivity contribution in [2.75, 3.05) is 6.61 Å². The summed E-state index contributed by atoms with van der Waals surface area (Å²) >= 11 is 0. The topological polar surface area (TPSA) is 150 Å². The zero-order valence-electron chi connectivity index (χ0n) is 16.9. The van der Waals surface area contributed by atoms with Gasteiger partial charge in [-0.3, -0.25) is 14.3 Å². The van der Waals surface area contributed by atoms with Gasteiger partial charge >= 0.3 is 5.69 Å². The van der Waals surface area contributed by atoms with Crippen molar-refractivity contribution in [3.05, 3.63) is 93.3 Å². The lowest BCUT2D eigenvalue weighted by molar-refractivity contribution is -0.149. The number of aromatic amines is 1. The monoisotopic (exact) mass is 438 g/mol. The average molecular weight is 438 g/mol. The van der Waals surface area contributed by atoms with E-state index in [0.29, 0.717) is 16.9 Å². The third kappa shape index (κ3) is 4.16. The number of hydrogen-bond acceptors (Lipinski definition) is 8. The van der Waals surface area contributed by atoms with E-state index in [4.69, 9.17) is 4.74 Å². The number of hydrogen-bond donors (Lipinski definition) is 4. The zero-order chi connectivity index (χ0) is 22.7. The molecule has 2 aromatic carbocycles. The van der Waals surface area contributed by atoms with Gasteiger partial charge in [-0.25, -0.2) is 4.79 Å². The molecule has 1 fully saturated rings. The van der Waals surface area contributed by atoms with Gasteiger partial charge in [0.05, 0.1) is 18.0 Å². The molecule has 10 nitrogen and oxygen atoms in total. The van der Waals surface area contributed by atoms with E-state index in [1.807, 2.05) is 30.3 Å². The highest BCUT2D eigenvalue weighted by molar-refractivity contribution is 5.41. The largest absolute Gasteiger partial charge is 0.394 e. The molecule has 1 aliphatic heterocycles. The third-order valence-electron chi connectivity index (χ3n) is 5.36. The normalized spacial score (nSPS) is 25.4. The molecule has 4 N–H and O–H groups in total. The number of ether oxygens (including phenoxy) is 1. The van der Waals surface area contributed by atoms with Crippen LogP contribution < -0.4 is 11.2 Å². The van der Waals surface area contributed by atoms with E-state index >= 15 is 0 Å². The lowest BCUT2D eigenvalue weighted by Crippen LogP contribution is -2.52. The Morgan fingerprint density at radius 1 is 0.969 bits per heavy atom. The summed E-state index contributed by atoms with van der Waals surface area (Å²) in [6.45, 7) is -0.559. The molecule has 0 aliphatic carbocycles. The summed E-state index contributed by atoms with van der Waals surface area (Å²) in [5, 5.41) is 39.0. The number of nitrogens with zero attached hydrogens (tertiary/aromatic N) is 3. The number of aromatic nitrogens is 2. The van der Waals surface area contributed by atoms with Gasteiger partial charge in [0.15, 0.2) is 5.72 Å². The second-order valence-corrected chi connectivity index (χ2v) is 7.48. The van der Waals surface area contributed by atoms with Crippen molar-refractivity contribution in [1.29, 1.82) is 0 Å². The van der Waals surface area contributed by atoms with E-state index in [2.05, 4.69) is 15.2 Å². The Morgan fingerprint density at radius 2 is 1.62 bits per heavy atom. The number of aliphatic hydroxyl groups is 3. The van der Waals surface area contributed by atoms with E-state index in [0.717, 1.165) is 10.6 Å². The van der Waals surface area contributed by atoms with Gasteiger partial charge in [0.2, 0.25) is 0 Å². The number of azo groups is 1. The molecule has 0 unspecified atom stereocenters. The van der Waals surface area contributed by atoms with E-state index in [1.165, 1.54) is 6.20 Å². The molecule has 4 rings (SSSR count). The summed E-state index contributed by atoms with van der Waals surface area (Å²) < 4.78 is 6.85. The molecule has 0 saturated carbocycles. The molecule has 1 aliphatic rings. The van der Waals surface area contributed by atoms with Crippen LogP contribution in [0.2, 0.25) is 0 Å². The molecule has 1 aromatic heterocycles. The molecular weight excluding hydrogens is 416 g/mol. The number of H-pyrrole nitrogens is 1. The van der Waals surface area contributed by atoms with Crippen molar-refractivity contribution in [2.45, 2.75) is 30.5 Å². The van der Waals surface area contributed by atoms with Gasteiger partial charge in [0.25, 0.3) is 5.56 Å². The molecule has 0 radical (unpaired) electrons. The Labute approximate surface area is 182 Å². The summed E-state index contributed by atoms with van der Waals surface area (Å²) in [6.07, 6.45) is -2.91. The van der Waals surface area contributed by atoms with Crippen LogP contribution in [0.4, 0.5) is 11.4 Å². The van der Waals surface area contributed by atoms with Crippen LogP contribution in [0.1, 0.15) is 5.56 Å². The molecule has 166 valence electrons. The summed E-state index contributed by atoms with van der Waals surface area (Å²) in [6, 6.07) is 17.3. The lowest BCUT2D eigenvalue weighted by atomic mass is 9.94. The van der Waals surface area contributed by atoms with E-state index in [-0.39, 0.29) is 6.42 Å². The van der Waals surface area contributed by atoms with Crippen molar-refractivity contribution >= 4 is 11.4 Å². The van der Waals surface area contributed by atoms with Crippen LogP contribution in [0.25, 0.3) is 0 Å². The summed E-state index contributed by atoms with van der Waals surface area (Å²) in [5.41, 5.74) is -1.20. The highest BCUT2D eigenvalue weighted by Gasteiger charge is 2.55. The van der Waals surface area contributed by atoms with Crippen molar-refractivity contribution in [1.82, 2.24) is 9.55 Å². The fourth-order valence-electron chi connectivity index (χ4n) is 3.75. The minimum absolute atomic E-state index is 0.0240. The highest BCUT2D eigenvalue weighted by Crippen LogP contribution is 2.38. The SMILES string of the molecule is O=c1ccn([C@]2(Cc3ccc(N=Nc4ccccc4)cc3)O[C@H](CO)[C@@H](O)[C@H]2O)c(=O)[nH]1. The Hall–Kier alpha value is -3.44. The van der Waals surface area contributed by atoms with Crippen LogP contribution in [0.5, 0.6) is 0 Å². The molecule has 10 heteroatoms. The smallest absolute Gasteiger partial charge is 0.330 e. The molecule has 0 amide bonds. The first kappa shape index (κ1) is 21.8. The molecular formula is C22H22N4O6. The summed E-state index contributed by atoms with van der Waals surface area (Å²) in [5.74, 6) is 0. The van der Waals surface area contributed by atoms with Crippen LogP contribution in [-0.2, 0) is 16.9 Å². The molecule has 32 heavy (non-hydrogen) atoms. The molecule has 3 aromatic rings. The number of benzene rings is 2. The predicted molar refractivity (Wildman–Crippen MR) is 114 cm³/mol. The highest BCUT2D eigenvalue weighted by atomic mass is 16.6. The Balaban J connectivity index is 1.65. The van der Waals surface area contributed by atoms with Crippen molar-refractivity contribution < 1.29 is 20.1 Å². The Morgan fingerprint density at radius 3 is 2.22 bits per heavy atom. The molecule has 1 saturated heterocycles. The first-order valence-electron chi connectivity index (χ1n) is 9.96. The lowest BCUT2D eigenvalue weighted by Gasteiger charge is -2.34. The first-order chi connectivity index (χ1) is 15.4. The number of rotatable bonds is 6. The van der Waals surface area contributed by atoms with Crippen LogP contribution in [-0.4, -0.2) is 49.8 Å². The van der Waals surface area contributed by atoms with Crippen molar-refractivity contribution in [3.63, 3.8) is 0 Å². The number of nitrogens with one attached hydrogen (secondary N) is 1. The quantitative estimate of drug-likeness (QED) is 0.421. The second-order valence-electron chi connectivity index (χ2n) is 7.48. The van der Waals surface area contributed by atoms with Gasteiger partial charge in [0.1, 0.15) is 18.3 Å². The fourth-order valence-corrected chi connectivity index (χ4v) is 3.75. The van der Waals surface area contributed by atoms with Crippen LogP contribution in [0.15, 0.2) is 86.7 Å². The number of aliphatic hydroxyl groups excluding tert-OH is 3. The second kappa shape index (κ2) is 8.97. The van der Waals surface area contributed by atoms with Gasteiger partial charge in [-0.15, -0.1) is 0 Å². The summed E-state index contributed by atoms with van der Waals surface area (Å²) in [7, 11) is 0. The van der Waals surface area contributed by atoms with Crippen molar-refractivity contribution in [2.24, 2.45) is 10.2 Å². The Bertz CT molecular complexity index is 1210. The van der Waals surface area contributed by atoms with Gasteiger partial charge in [0, 0.05) is 18.7 Å².